The number of carboxylic acids is 1. The topological polar surface area (TPSA) is 257 Å². The highest BCUT2D eigenvalue weighted by Gasteiger charge is 2.50. The molecule has 8 N–H and O–H groups in total. The van der Waals surface area contributed by atoms with Gasteiger partial charge in [0.15, 0.2) is 23.6 Å². The van der Waals surface area contributed by atoms with E-state index < -0.39 is 121 Å². The molecule has 1 fully saturated rings. The second-order valence-electron chi connectivity index (χ2n) is 11.7. The molecule has 2 unspecified atom stereocenters. The van der Waals surface area contributed by atoms with Gasteiger partial charge in [0, 0.05) is 47.9 Å². The summed E-state index contributed by atoms with van der Waals surface area (Å²) in [7, 11) is 0. The first-order valence-electron chi connectivity index (χ1n) is 14.5. The summed E-state index contributed by atoms with van der Waals surface area (Å²) in [5, 5.41) is 75.9. The van der Waals surface area contributed by atoms with E-state index >= 15 is 0 Å². The van der Waals surface area contributed by atoms with E-state index in [1.54, 1.807) is 0 Å². The summed E-state index contributed by atoms with van der Waals surface area (Å²) in [5.41, 5.74) is -4.23. The summed E-state index contributed by atoms with van der Waals surface area (Å²) < 4.78 is 11.9. The van der Waals surface area contributed by atoms with E-state index in [1.165, 1.54) is 25.1 Å². The van der Waals surface area contributed by atoms with Gasteiger partial charge in [-0.05, 0) is 12.5 Å². The second-order valence-corrected chi connectivity index (χ2v) is 11.7. The Kier molecular flexibility index (Phi) is 9.01. The number of aliphatic carboxylic acids is 1. The van der Waals surface area contributed by atoms with Crippen LogP contribution in [0.1, 0.15) is 87.2 Å². The summed E-state index contributed by atoms with van der Waals surface area (Å²) in [4.78, 5) is 63.3. The molecule has 15 nitrogen and oxygen atoms in total. The van der Waals surface area contributed by atoms with Gasteiger partial charge in [-0.15, -0.1) is 0 Å². The number of fused-ring (bicyclic) bond motifs is 3. The van der Waals surface area contributed by atoms with Gasteiger partial charge in [-0.1, -0.05) is 18.2 Å². The van der Waals surface area contributed by atoms with Crippen LogP contribution in [0.2, 0.25) is 0 Å². The third kappa shape index (κ3) is 5.65. The van der Waals surface area contributed by atoms with Gasteiger partial charge >= 0.3 is 5.97 Å². The average Bonchev–Trinajstić information content (AvgIpc) is 3.01. The number of carbonyl (C=O) groups is 5. The van der Waals surface area contributed by atoms with E-state index in [1.807, 2.05) is 0 Å². The van der Waals surface area contributed by atoms with Gasteiger partial charge in [0.05, 0.1) is 42.4 Å². The van der Waals surface area contributed by atoms with Crippen LogP contribution in [-0.4, -0.2) is 102 Å². The molecule has 0 radical (unpaired) electrons. The lowest BCUT2D eigenvalue weighted by Crippen LogP contribution is -2.55. The zero-order valence-electron chi connectivity index (χ0n) is 24.6. The van der Waals surface area contributed by atoms with Crippen molar-refractivity contribution in [1.29, 1.82) is 0 Å². The van der Waals surface area contributed by atoms with E-state index in [2.05, 4.69) is 5.32 Å². The van der Waals surface area contributed by atoms with E-state index in [0.29, 0.717) is 0 Å². The van der Waals surface area contributed by atoms with Crippen molar-refractivity contribution in [2.75, 3.05) is 6.61 Å². The van der Waals surface area contributed by atoms with Gasteiger partial charge in [0.25, 0.3) is 0 Å². The van der Waals surface area contributed by atoms with Gasteiger partial charge < -0.3 is 50.5 Å². The van der Waals surface area contributed by atoms with Crippen molar-refractivity contribution in [3.8, 4) is 11.5 Å². The van der Waals surface area contributed by atoms with Crippen molar-refractivity contribution in [2.24, 2.45) is 0 Å². The number of benzene rings is 2. The molecule has 0 aromatic heterocycles. The molecular weight excluding hydrogens is 610 g/mol. The van der Waals surface area contributed by atoms with Gasteiger partial charge in [-0.2, -0.15) is 0 Å². The van der Waals surface area contributed by atoms with Crippen molar-refractivity contribution in [3.05, 3.63) is 57.1 Å². The number of ether oxygens (including phenoxy) is 2. The number of carboxylic acid groups (broad SMARTS) is 1. The number of Topliss-reactive ketones (excluding diaryl/α,β-unsaturated/α-hetero) is 1. The number of rotatable bonds is 9. The molecule has 1 amide bonds. The van der Waals surface area contributed by atoms with E-state index in [9.17, 15) is 54.6 Å². The monoisotopic (exact) mass is 643 g/mol. The summed E-state index contributed by atoms with van der Waals surface area (Å²) in [6, 6.07) is 3.18. The van der Waals surface area contributed by atoms with Crippen LogP contribution in [0.25, 0.3) is 0 Å². The molecule has 15 heteroatoms. The van der Waals surface area contributed by atoms with Crippen molar-refractivity contribution in [2.45, 2.75) is 81.9 Å². The third-order valence-corrected chi connectivity index (χ3v) is 8.75. The first kappa shape index (κ1) is 33.1. The Morgan fingerprint density at radius 1 is 1.04 bits per heavy atom. The molecule has 2 aliphatic carbocycles. The Balaban J connectivity index is 1.57. The minimum absolute atomic E-state index is 0.105. The van der Waals surface area contributed by atoms with Crippen molar-refractivity contribution in [1.82, 2.24) is 5.32 Å². The van der Waals surface area contributed by atoms with Crippen LogP contribution in [-0.2, 0) is 36.9 Å². The maximum Gasteiger partial charge on any atom is 0.303 e. The fraction of sp³-hybridized carbons (Fsp3) is 0.452. The molecule has 2 aromatic rings. The lowest BCUT2D eigenvalue weighted by molar-refractivity contribution is -0.249. The number of hydrogen-bond donors (Lipinski definition) is 8. The zero-order valence-corrected chi connectivity index (χ0v) is 24.6. The standard InChI is InChI=1S/C31H33NO14/c1-12-26(39)16(32-19(36)5-6-20(37)38)7-21(45-12)46-17-9-31(44,18(35)11-34)8-15-23(17)30(43)25-24(28(15)41)27(40)14-4-2-3-13(10-33)22(14)29(25)42/h2-4,12,16-17,21,26,33-34,39,41,43-44H,5-11H2,1H3,(H,32,36)(H,37,38)/t12?,16-,17+,21?,26-,31+/m1/s1. The number of hydrogen-bond acceptors (Lipinski definition) is 13. The molecule has 6 atom stereocenters. The molecule has 1 heterocycles. The lowest BCUT2D eigenvalue weighted by Gasteiger charge is -2.43. The summed E-state index contributed by atoms with van der Waals surface area (Å²) in [6.45, 7) is -0.232. The minimum Gasteiger partial charge on any atom is -0.507 e. The highest BCUT2D eigenvalue weighted by Crippen LogP contribution is 2.52. The molecule has 5 rings (SSSR count). The molecule has 1 aliphatic heterocycles. The maximum atomic E-state index is 13.7. The predicted molar refractivity (Wildman–Crippen MR) is 152 cm³/mol. The minimum atomic E-state index is -2.36. The number of carbonyl (C=O) groups excluding carboxylic acids is 4. The number of nitrogens with one attached hydrogen (secondary N) is 1. The van der Waals surface area contributed by atoms with Gasteiger partial charge in [0.2, 0.25) is 5.91 Å². The highest BCUT2D eigenvalue weighted by molar-refractivity contribution is 6.31. The molecule has 246 valence electrons. The largest absolute Gasteiger partial charge is 0.507 e. The van der Waals surface area contributed by atoms with Gasteiger partial charge in [0.1, 0.15) is 29.8 Å². The summed E-state index contributed by atoms with van der Waals surface area (Å²) in [5.74, 6) is -6.20. The molecule has 0 spiro atoms. The summed E-state index contributed by atoms with van der Waals surface area (Å²) >= 11 is 0. The fourth-order valence-corrected chi connectivity index (χ4v) is 6.42. The van der Waals surface area contributed by atoms with Gasteiger partial charge in [-0.3, -0.25) is 24.0 Å². The number of aliphatic hydroxyl groups is 4. The Morgan fingerprint density at radius 3 is 2.39 bits per heavy atom. The normalized spacial score (nSPS) is 26.9. The predicted octanol–water partition coefficient (Wildman–Crippen LogP) is -0.493. The number of phenolic OH excluding ortho intramolecular Hbond substituents is 2. The number of phenols is 2. The van der Waals surface area contributed by atoms with Crippen LogP contribution in [0, 0.1) is 0 Å². The van der Waals surface area contributed by atoms with Crippen molar-refractivity contribution < 1.29 is 69.2 Å². The molecule has 46 heavy (non-hydrogen) atoms. The Bertz CT molecular complexity index is 1640. The third-order valence-electron chi connectivity index (χ3n) is 8.75. The molecule has 2 aromatic carbocycles. The molecular formula is C31H33NO14. The molecule has 0 saturated carbocycles. The zero-order chi connectivity index (χ0) is 33.7. The van der Waals surface area contributed by atoms with E-state index in [0.717, 1.165) is 0 Å². The van der Waals surface area contributed by atoms with Crippen LogP contribution in [0.3, 0.4) is 0 Å². The molecule has 0 bridgehead atoms. The van der Waals surface area contributed by atoms with Crippen molar-refractivity contribution >= 4 is 29.2 Å². The smallest absolute Gasteiger partial charge is 0.303 e. The van der Waals surface area contributed by atoms with Crippen LogP contribution in [0.5, 0.6) is 11.5 Å². The summed E-state index contributed by atoms with van der Waals surface area (Å²) in [6.07, 6.45) is -7.28. The highest BCUT2D eigenvalue weighted by atomic mass is 16.7. The number of amides is 1. The van der Waals surface area contributed by atoms with Gasteiger partial charge in [-0.25, -0.2) is 0 Å². The first-order chi connectivity index (χ1) is 21.7. The maximum absolute atomic E-state index is 13.7. The molecule has 1 saturated heterocycles. The van der Waals surface area contributed by atoms with Crippen LogP contribution >= 0.6 is 0 Å². The lowest BCUT2D eigenvalue weighted by atomic mass is 9.71. The van der Waals surface area contributed by atoms with Crippen LogP contribution < -0.4 is 5.32 Å². The Labute approximate surface area is 261 Å². The Morgan fingerprint density at radius 2 is 1.74 bits per heavy atom. The second kappa shape index (κ2) is 12.5. The quantitative estimate of drug-likeness (QED) is 0.137. The molecule has 3 aliphatic rings. The Hall–Kier alpha value is -4.25. The number of ketones is 3. The average molecular weight is 644 g/mol. The first-order valence-corrected chi connectivity index (χ1v) is 14.5. The van der Waals surface area contributed by atoms with Crippen LogP contribution in [0.4, 0.5) is 0 Å². The van der Waals surface area contributed by atoms with E-state index in [4.69, 9.17) is 14.6 Å². The number of aliphatic hydroxyl groups excluding tert-OH is 3. The number of aromatic hydroxyl groups is 2. The van der Waals surface area contributed by atoms with Crippen LogP contribution in [0.15, 0.2) is 18.2 Å². The fourth-order valence-electron chi connectivity index (χ4n) is 6.42. The van der Waals surface area contributed by atoms with E-state index in [-0.39, 0.29) is 40.7 Å². The SMILES string of the molecule is CC1OC(O[C@H]2C[C@](O)(C(=O)CO)Cc3c(O)c4c(c(O)c32)C(=O)c2c(CO)cccc2C4=O)C[C@@H](NC(=O)CCC(=O)O)[C@@H]1O. The van der Waals surface area contributed by atoms with Crippen molar-refractivity contribution in [3.63, 3.8) is 0 Å².